The summed E-state index contributed by atoms with van der Waals surface area (Å²) in [5.41, 5.74) is 1.16. The van der Waals surface area contributed by atoms with Crippen LogP contribution in [0, 0.1) is 5.92 Å². The summed E-state index contributed by atoms with van der Waals surface area (Å²) in [4.78, 5) is 6.68. The van der Waals surface area contributed by atoms with Crippen LogP contribution in [-0.4, -0.2) is 48.9 Å². The fourth-order valence-corrected chi connectivity index (χ4v) is 3.60. The van der Waals surface area contributed by atoms with Crippen LogP contribution >= 0.6 is 0 Å². The van der Waals surface area contributed by atoms with Gasteiger partial charge in [-0.25, -0.2) is 4.98 Å². The molecule has 6 heteroatoms. The van der Waals surface area contributed by atoms with Crippen molar-refractivity contribution in [1.29, 1.82) is 0 Å². The SMILES string of the molecule is COc1cc(CN2CC[C@@H](C)[C@@H](n3ccnc3)C2)cc(OC)c1OC. The lowest BCUT2D eigenvalue weighted by Crippen LogP contribution is -2.40. The average molecular weight is 345 g/mol. The van der Waals surface area contributed by atoms with Crippen molar-refractivity contribution in [3.63, 3.8) is 0 Å². The first-order valence-corrected chi connectivity index (χ1v) is 8.65. The smallest absolute Gasteiger partial charge is 0.203 e. The van der Waals surface area contributed by atoms with Crippen molar-refractivity contribution >= 4 is 0 Å². The molecular formula is C19H27N3O3. The Morgan fingerprint density at radius 2 is 1.84 bits per heavy atom. The van der Waals surface area contributed by atoms with Crippen LogP contribution in [0.1, 0.15) is 24.9 Å². The van der Waals surface area contributed by atoms with Gasteiger partial charge < -0.3 is 18.8 Å². The quantitative estimate of drug-likeness (QED) is 0.805. The summed E-state index contributed by atoms with van der Waals surface area (Å²) in [6.45, 7) is 5.27. The van der Waals surface area contributed by atoms with E-state index in [2.05, 4.69) is 27.6 Å². The highest BCUT2D eigenvalue weighted by atomic mass is 16.5. The monoisotopic (exact) mass is 345 g/mol. The summed E-state index contributed by atoms with van der Waals surface area (Å²) >= 11 is 0. The molecule has 2 heterocycles. The topological polar surface area (TPSA) is 48.8 Å². The van der Waals surface area contributed by atoms with Gasteiger partial charge in [0.05, 0.1) is 27.7 Å². The zero-order valence-corrected chi connectivity index (χ0v) is 15.4. The van der Waals surface area contributed by atoms with Crippen LogP contribution in [-0.2, 0) is 6.54 Å². The van der Waals surface area contributed by atoms with E-state index in [1.54, 1.807) is 21.3 Å². The predicted molar refractivity (Wildman–Crippen MR) is 96.4 cm³/mol. The Kier molecular flexibility index (Phi) is 5.48. The van der Waals surface area contributed by atoms with Crippen LogP contribution in [0.3, 0.4) is 0 Å². The minimum absolute atomic E-state index is 0.457. The maximum atomic E-state index is 5.47. The summed E-state index contributed by atoms with van der Waals surface area (Å²) in [5.74, 6) is 2.68. The highest BCUT2D eigenvalue weighted by Crippen LogP contribution is 2.39. The molecule has 0 spiro atoms. The predicted octanol–water partition coefficient (Wildman–Crippen LogP) is 2.99. The summed E-state index contributed by atoms with van der Waals surface area (Å²) in [7, 11) is 4.93. The van der Waals surface area contributed by atoms with Gasteiger partial charge in [0.15, 0.2) is 11.5 Å². The van der Waals surface area contributed by atoms with Gasteiger partial charge in [0.25, 0.3) is 0 Å². The lowest BCUT2D eigenvalue weighted by Gasteiger charge is -2.37. The van der Waals surface area contributed by atoms with Crippen molar-refractivity contribution < 1.29 is 14.2 Å². The van der Waals surface area contributed by atoms with Crippen LogP contribution in [0.25, 0.3) is 0 Å². The first-order chi connectivity index (χ1) is 12.2. The van der Waals surface area contributed by atoms with E-state index >= 15 is 0 Å². The minimum Gasteiger partial charge on any atom is -0.493 e. The molecule has 0 radical (unpaired) electrons. The molecule has 0 aliphatic carbocycles. The van der Waals surface area contributed by atoms with Crippen molar-refractivity contribution in [2.75, 3.05) is 34.4 Å². The van der Waals surface area contributed by atoms with Gasteiger partial charge in [-0.1, -0.05) is 6.92 Å². The molecular weight excluding hydrogens is 318 g/mol. The third-order valence-electron chi connectivity index (χ3n) is 5.04. The maximum Gasteiger partial charge on any atom is 0.203 e. The molecule has 25 heavy (non-hydrogen) atoms. The van der Waals surface area contributed by atoms with E-state index in [9.17, 15) is 0 Å². The number of piperidine rings is 1. The van der Waals surface area contributed by atoms with Crippen LogP contribution in [0.2, 0.25) is 0 Å². The Labute approximate surface area is 149 Å². The Morgan fingerprint density at radius 3 is 2.40 bits per heavy atom. The van der Waals surface area contributed by atoms with Gasteiger partial charge in [-0.15, -0.1) is 0 Å². The summed E-state index contributed by atoms with van der Waals surface area (Å²) in [5, 5.41) is 0. The maximum absolute atomic E-state index is 5.47. The molecule has 1 aliphatic heterocycles. The molecule has 1 aliphatic rings. The molecule has 0 saturated carbocycles. The molecule has 1 fully saturated rings. The zero-order chi connectivity index (χ0) is 17.8. The van der Waals surface area contributed by atoms with Gasteiger partial charge in [-0.05, 0) is 36.6 Å². The molecule has 136 valence electrons. The average Bonchev–Trinajstić information content (AvgIpc) is 3.16. The van der Waals surface area contributed by atoms with E-state index in [1.165, 1.54) is 6.42 Å². The van der Waals surface area contributed by atoms with Crippen molar-refractivity contribution in [3.8, 4) is 17.2 Å². The summed E-state index contributed by atoms with van der Waals surface area (Å²) < 4.78 is 18.6. The number of methoxy groups -OCH3 is 3. The van der Waals surface area contributed by atoms with Gasteiger partial charge in [-0.2, -0.15) is 0 Å². The van der Waals surface area contributed by atoms with E-state index in [1.807, 2.05) is 24.7 Å². The second-order valence-corrected chi connectivity index (χ2v) is 6.61. The largest absolute Gasteiger partial charge is 0.493 e. The molecule has 0 N–H and O–H groups in total. The van der Waals surface area contributed by atoms with Gasteiger partial charge in [0.1, 0.15) is 0 Å². The number of benzene rings is 1. The fraction of sp³-hybridized carbons (Fsp3) is 0.526. The van der Waals surface area contributed by atoms with Gasteiger partial charge >= 0.3 is 0 Å². The number of ether oxygens (including phenoxy) is 3. The van der Waals surface area contributed by atoms with Crippen molar-refractivity contribution in [2.45, 2.75) is 25.9 Å². The van der Waals surface area contributed by atoms with E-state index in [-0.39, 0.29) is 0 Å². The molecule has 3 rings (SSSR count). The Morgan fingerprint density at radius 1 is 1.12 bits per heavy atom. The van der Waals surface area contributed by atoms with Crippen molar-refractivity contribution in [2.24, 2.45) is 5.92 Å². The van der Waals surface area contributed by atoms with Crippen molar-refractivity contribution in [3.05, 3.63) is 36.4 Å². The first kappa shape index (κ1) is 17.6. The number of aromatic nitrogens is 2. The standard InChI is InChI=1S/C19H27N3O3/c1-14-5-7-21(12-16(14)22-8-6-20-13-22)11-15-9-17(23-2)19(25-4)18(10-15)24-3/h6,8-10,13-14,16H,5,7,11-12H2,1-4H3/t14-,16+/m1/s1. The molecule has 6 nitrogen and oxygen atoms in total. The van der Waals surface area contributed by atoms with Crippen molar-refractivity contribution in [1.82, 2.24) is 14.5 Å². The number of rotatable bonds is 6. The van der Waals surface area contributed by atoms with Crippen LogP contribution < -0.4 is 14.2 Å². The normalized spacial score (nSPS) is 21.1. The molecule has 1 aromatic heterocycles. The number of hydrogen-bond donors (Lipinski definition) is 0. The fourth-order valence-electron chi connectivity index (χ4n) is 3.60. The Hall–Kier alpha value is -2.21. The number of nitrogens with zero attached hydrogens (tertiary/aromatic N) is 3. The Balaban J connectivity index is 1.78. The van der Waals surface area contributed by atoms with E-state index in [0.29, 0.717) is 29.2 Å². The molecule has 0 bridgehead atoms. The van der Waals surface area contributed by atoms with Crippen LogP contribution in [0.4, 0.5) is 0 Å². The summed E-state index contributed by atoms with van der Waals surface area (Å²) in [6.07, 6.45) is 7.01. The lowest BCUT2D eigenvalue weighted by atomic mass is 9.93. The third kappa shape index (κ3) is 3.74. The molecule has 0 amide bonds. The first-order valence-electron chi connectivity index (χ1n) is 8.65. The highest BCUT2D eigenvalue weighted by molar-refractivity contribution is 5.53. The second kappa shape index (κ2) is 7.78. The highest BCUT2D eigenvalue weighted by Gasteiger charge is 2.27. The number of imidazole rings is 1. The van der Waals surface area contributed by atoms with E-state index in [0.717, 1.165) is 25.2 Å². The third-order valence-corrected chi connectivity index (χ3v) is 5.04. The molecule has 0 unspecified atom stereocenters. The number of likely N-dealkylation sites (tertiary alicyclic amines) is 1. The second-order valence-electron chi connectivity index (χ2n) is 6.61. The molecule has 1 saturated heterocycles. The molecule has 2 atom stereocenters. The van der Waals surface area contributed by atoms with Crippen LogP contribution in [0.5, 0.6) is 17.2 Å². The van der Waals surface area contributed by atoms with Gasteiger partial charge in [-0.3, -0.25) is 4.90 Å². The number of hydrogen-bond acceptors (Lipinski definition) is 5. The van der Waals surface area contributed by atoms with Gasteiger partial charge in [0, 0.05) is 31.5 Å². The lowest BCUT2D eigenvalue weighted by molar-refractivity contribution is 0.126. The Bertz CT molecular complexity index is 662. The van der Waals surface area contributed by atoms with E-state index < -0.39 is 0 Å². The zero-order valence-electron chi connectivity index (χ0n) is 15.4. The summed E-state index contributed by atoms with van der Waals surface area (Å²) in [6, 6.07) is 4.52. The minimum atomic E-state index is 0.457. The van der Waals surface area contributed by atoms with Gasteiger partial charge in [0.2, 0.25) is 5.75 Å². The van der Waals surface area contributed by atoms with E-state index in [4.69, 9.17) is 14.2 Å². The van der Waals surface area contributed by atoms with Crippen LogP contribution in [0.15, 0.2) is 30.9 Å². The molecule has 2 aromatic rings. The molecule has 1 aromatic carbocycles.